The molecule has 1 aliphatic heterocycles. The van der Waals surface area contributed by atoms with Gasteiger partial charge in [-0.2, -0.15) is 0 Å². The molecule has 0 saturated carbocycles. The Hall–Kier alpha value is -1.29. The summed E-state index contributed by atoms with van der Waals surface area (Å²) in [5.74, 6) is 0.139. The highest BCUT2D eigenvalue weighted by Crippen LogP contribution is 2.04. The van der Waals surface area contributed by atoms with E-state index in [4.69, 9.17) is 0 Å². The zero-order valence-corrected chi connectivity index (χ0v) is 8.78. The van der Waals surface area contributed by atoms with Crippen molar-refractivity contribution in [1.82, 2.24) is 15.2 Å². The molecule has 4 nitrogen and oxygen atoms in total. The average Bonchev–Trinajstić information content (AvgIpc) is 2.90. The van der Waals surface area contributed by atoms with Gasteiger partial charge in [-0.3, -0.25) is 4.79 Å². The van der Waals surface area contributed by atoms with Crippen molar-refractivity contribution < 1.29 is 4.79 Å². The molecule has 2 heterocycles. The number of rotatable bonds is 4. The van der Waals surface area contributed by atoms with Crippen LogP contribution < -0.4 is 10.6 Å². The van der Waals surface area contributed by atoms with Crippen LogP contribution in [0.3, 0.4) is 0 Å². The van der Waals surface area contributed by atoms with Crippen LogP contribution >= 0.6 is 0 Å². The van der Waals surface area contributed by atoms with Crippen LogP contribution in [0, 0.1) is 0 Å². The van der Waals surface area contributed by atoms with Gasteiger partial charge in [0.2, 0.25) is 5.91 Å². The molecule has 0 bridgehead atoms. The Morgan fingerprint density at radius 2 is 2.27 bits per heavy atom. The van der Waals surface area contributed by atoms with E-state index in [-0.39, 0.29) is 11.9 Å². The minimum absolute atomic E-state index is 0.0367. The summed E-state index contributed by atoms with van der Waals surface area (Å²) in [6.07, 6.45) is 6.07. The average molecular weight is 207 g/mol. The van der Waals surface area contributed by atoms with Crippen molar-refractivity contribution in [3.8, 4) is 0 Å². The Balaban J connectivity index is 1.67. The SMILES string of the molecule is O=C(NCCn1cccc1)[C@H]1CCCN1. The zero-order chi connectivity index (χ0) is 10.5. The van der Waals surface area contributed by atoms with Crippen molar-refractivity contribution in [2.45, 2.75) is 25.4 Å². The summed E-state index contributed by atoms with van der Waals surface area (Å²) in [7, 11) is 0. The maximum atomic E-state index is 11.6. The first-order valence-electron chi connectivity index (χ1n) is 5.48. The van der Waals surface area contributed by atoms with Crippen LogP contribution in [-0.4, -0.2) is 29.6 Å². The van der Waals surface area contributed by atoms with Crippen molar-refractivity contribution >= 4 is 5.91 Å². The molecule has 2 N–H and O–H groups in total. The zero-order valence-electron chi connectivity index (χ0n) is 8.78. The van der Waals surface area contributed by atoms with E-state index in [1.54, 1.807) is 0 Å². The maximum Gasteiger partial charge on any atom is 0.237 e. The molecule has 82 valence electrons. The van der Waals surface area contributed by atoms with Crippen molar-refractivity contribution in [3.05, 3.63) is 24.5 Å². The van der Waals surface area contributed by atoms with Crippen molar-refractivity contribution in [1.29, 1.82) is 0 Å². The van der Waals surface area contributed by atoms with E-state index in [9.17, 15) is 4.79 Å². The molecule has 0 unspecified atom stereocenters. The van der Waals surface area contributed by atoms with E-state index in [0.717, 1.165) is 25.9 Å². The van der Waals surface area contributed by atoms with Crippen molar-refractivity contribution in [3.63, 3.8) is 0 Å². The van der Waals surface area contributed by atoms with Gasteiger partial charge in [0.15, 0.2) is 0 Å². The number of nitrogens with one attached hydrogen (secondary N) is 2. The first-order chi connectivity index (χ1) is 7.36. The fourth-order valence-electron chi connectivity index (χ4n) is 1.86. The highest BCUT2D eigenvalue weighted by atomic mass is 16.2. The third kappa shape index (κ3) is 2.83. The molecule has 1 saturated heterocycles. The number of hydrogen-bond donors (Lipinski definition) is 2. The largest absolute Gasteiger partial charge is 0.353 e. The number of carbonyl (C=O) groups is 1. The molecule has 0 radical (unpaired) electrons. The molecule has 1 aromatic heterocycles. The molecule has 1 atom stereocenters. The lowest BCUT2D eigenvalue weighted by Gasteiger charge is -2.11. The van der Waals surface area contributed by atoms with Gasteiger partial charge in [-0.25, -0.2) is 0 Å². The normalized spacial score (nSPS) is 20.4. The number of amides is 1. The Morgan fingerprint density at radius 3 is 2.93 bits per heavy atom. The molecular formula is C11H17N3O. The minimum atomic E-state index is 0.0367. The van der Waals surface area contributed by atoms with Gasteiger partial charge in [0, 0.05) is 25.5 Å². The number of nitrogens with zero attached hydrogens (tertiary/aromatic N) is 1. The lowest BCUT2D eigenvalue weighted by atomic mass is 10.2. The van der Waals surface area contributed by atoms with E-state index in [1.807, 2.05) is 24.5 Å². The van der Waals surface area contributed by atoms with Crippen molar-refractivity contribution in [2.24, 2.45) is 0 Å². The summed E-state index contributed by atoms with van der Waals surface area (Å²) in [5.41, 5.74) is 0. The summed E-state index contributed by atoms with van der Waals surface area (Å²) in [6.45, 7) is 2.51. The molecule has 1 amide bonds. The Kier molecular flexibility index (Phi) is 3.40. The topological polar surface area (TPSA) is 46.1 Å². The van der Waals surface area contributed by atoms with E-state index in [0.29, 0.717) is 6.54 Å². The molecule has 0 spiro atoms. The molecular weight excluding hydrogens is 190 g/mol. The van der Waals surface area contributed by atoms with Crippen LogP contribution in [-0.2, 0) is 11.3 Å². The van der Waals surface area contributed by atoms with Gasteiger partial charge in [-0.05, 0) is 31.5 Å². The Labute approximate surface area is 89.7 Å². The van der Waals surface area contributed by atoms with E-state index < -0.39 is 0 Å². The maximum absolute atomic E-state index is 11.6. The van der Waals surface area contributed by atoms with Gasteiger partial charge in [-0.15, -0.1) is 0 Å². The summed E-state index contributed by atoms with van der Waals surface area (Å²) < 4.78 is 2.06. The molecule has 0 aliphatic carbocycles. The molecule has 1 aliphatic rings. The second-order valence-corrected chi connectivity index (χ2v) is 3.86. The molecule has 4 heteroatoms. The Morgan fingerprint density at radius 1 is 1.47 bits per heavy atom. The highest BCUT2D eigenvalue weighted by Gasteiger charge is 2.20. The quantitative estimate of drug-likeness (QED) is 0.748. The molecule has 0 aromatic carbocycles. The number of carbonyl (C=O) groups excluding carboxylic acids is 1. The van der Waals surface area contributed by atoms with Gasteiger partial charge >= 0.3 is 0 Å². The predicted molar refractivity (Wildman–Crippen MR) is 58.5 cm³/mol. The van der Waals surface area contributed by atoms with Gasteiger partial charge in [0.25, 0.3) is 0 Å². The smallest absolute Gasteiger partial charge is 0.237 e. The predicted octanol–water partition coefficient (Wildman–Crippen LogP) is 0.356. The van der Waals surface area contributed by atoms with Crippen LogP contribution in [0.2, 0.25) is 0 Å². The van der Waals surface area contributed by atoms with E-state index in [2.05, 4.69) is 15.2 Å². The van der Waals surface area contributed by atoms with Crippen LogP contribution in [0.4, 0.5) is 0 Å². The van der Waals surface area contributed by atoms with E-state index >= 15 is 0 Å². The second kappa shape index (κ2) is 4.98. The van der Waals surface area contributed by atoms with Crippen LogP contribution in [0.15, 0.2) is 24.5 Å². The summed E-state index contributed by atoms with van der Waals surface area (Å²) in [6, 6.07) is 4.01. The minimum Gasteiger partial charge on any atom is -0.353 e. The van der Waals surface area contributed by atoms with Gasteiger partial charge in [-0.1, -0.05) is 0 Å². The summed E-state index contributed by atoms with van der Waals surface area (Å²) in [5, 5.41) is 6.12. The fraction of sp³-hybridized carbons (Fsp3) is 0.545. The standard InChI is InChI=1S/C11H17N3O/c15-11(10-4-3-5-12-10)13-6-9-14-7-1-2-8-14/h1-2,7-8,10,12H,3-6,9H2,(H,13,15)/t10-/m1/s1. The molecule has 15 heavy (non-hydrogen) atoms. The molecule has 1 fully saturated rings. The lowest BCUT2D eigenvalue weighted by Crippen LogP contribution is -2.41. The first-order valence-corrected chi connectivity index (χ1v) is 5.48. The highest BCUT2D eigenvalue weighted by molar-refractivity contribution is 5.81. The Bertz CT molecular complexity index is 302. The van der Waals surface area contributed by atoms with Crippen molar-refractivity contribution in [2.75, 3.05) is 13.1 Å². The number of aromatic nitrogens is 1. The van der Waals surface area contributed by atoms with Gasteiger partial charge in [0.1, 0.15) is 0 Å². The fourth-order valence-corrected chi connectivity index (χ4v) is 1.86. The monoisotopic (exact) mass is 207 g/mol. The van der Waals surface area contributed by atoms with Crippen LogP contribution in [0.25, 0.3) is 0 Å². The molecule has 1 aromatic rings. The molecule has 2 rings (SSSR count). The first kappa shape index (κ1) is 10.2. The van der Waals surface area contributed by atoms with E-state index in [1.165, 1.54) is 0 Å². The second-order valence-electron chi connectivity index (χ2n) is 3.86. The third-order valence-corrected chi connectivity index (χ3v) is 2.71. The summed E-state index contributed by atoms with van der Waals surface area (Å²) >= 11 is 0. The van der Waals surface area contributed by atoms with Crippen LogP contribution in [0.1, 0.15) is 12.8 Å². The van der Waals surface area contributed by atoms with Crippen LogP contribution in [0.5, 0.6) is 0 Å². The summed E-state index contributed by atoms with van der Waals surface area (Å²) in [4.78, 5) is 11.6. The number of hydrogen-bond acceptors (Lipinski definition) is 2. The lowest BCUT2D eigenvalue weighted by molar-refractivity contribution is -0.122. The van der Waals surface area contributed by atoms with Gasteiger partial charge in [0.05, 0.1) is 6.04 Å². The van der Waals surface area contributed by atoms with Gasteiger partial charge < -0.3 is 15.2 Å². The third-order valence-electron chi connectivity index (χ3n) is 2.71.